The Morgan fingerprint density at radius 1 is 0.877 bits per heavy atom. The first-order chi connectivity index (χ1) is 31.1. The molecule has 3 saturated heterocycles. The second kappa shape index (κ2) is 18.8. The SMILES string of the molecule is COc1cc([C@@H]2c3cc4c(cc3[C@@H](O[C@@H]3O[C@@H]5CO[C@@H](C)O[C@H]5[C@H](O)[C@H]3O)[C@H]3COC(=O)[C@H]23)OCO4)cc(OC)c1OC(=O)N(C)CCN(C)C(=O)O[C@H]1/C=C/CC[C@@](C)(C(=O)O)CC1. The lowest BCUT2D eigenvalue weighted by Crippen LogP contribution is -2.63. The number of carbonyl (C=O) groups excluding carboxylic acids is 3. The molecule has 0 unspecified atom stereocenters. The third-order valence-corrected chi connectivity index (χ3v) is 13.3. The Morgan fingerprint density at radius 3 is 2.23 bits per heavy atom. The van der Waals surface area contributed by atoms with E-state index in [4.69, 9.17) is 52.1 Å². The highest BCUT2D eigenvalue weighted by Crippen LogP contribution is 2.57. The van der Waals surface area contributed by atoms with E-state index in [-0.39, 0.29) is 50.3 Å². The molecule has 2 aromatic carbocycles. The molecule has 65 heavy (non-hydrogen) atoms. The van der Waals surface area contributed by atoms with Crippen molar-refractivity contribution >= 4 is 24.1 Å². The Morgan fingerprint density at radius 2 is 1.55 bits per heavy atom. The lowest BCUT2D eigenvalue weighted by atomic mass is 9.66. The van der Waals surface area contributed by atoms with Gasteiger partial charge in [-0.15, -0.1) is 0 Å². The molecule has 12 atom stereocenters. The number of cyclic esters (lactones) is 1. The maximum atomic E-state index is 13.8. The Kier molecular flexibility index (Phi) is 13.4. The van der Waals surface area contributed by atoms with E-state index in [1.807, 2.05) is 6.08 Å². The molecule has 0 saturated carbocycles. The van der Waals surface area contributed by atoms with Crippen LogP contribution in [0.25, 0.3) is 0 Å². The average molecular weight is 913 g/mol. The van der Waals surface area contributed by atoms with Gasteiger partial charge in [-0.1, -0.05) is 6.08 Å². The zero-order valence-corrected chi connectivity index (χ0v) is 37.0. The number of hydrogen-bond donors (Lipinski definition) is 3. The molecule has 0 aromatic heterocycles. The first-order valence-electron chi connectivity index (χ1n) is 21.7. The molecule has 4 aliphatic heterocycles. The highest BCUT2D eigenvalue weighted by molar-refractivity contribution is 5.79. The smallest absolute Gasteiger partial charge is 0.415 e. The van der Waals surface area contributed by atoms with Gasteiger partial charge in [-0.2, -0.15) is 0 Å². The van der Waals surface area contributed by atoms with Crippen LogP contribution in [0.2, 0.25) is 0 Å². The second-order valence-corrected chi connectivity index (χ2v) is 17.5. The Balaban J connectivity index is 1.00. The van der Waals surface area contributed by atoms with E-state index < -0.39 is 96.5 Å². The summed E-state index contributed by atoms with van der Waals surface area (Å²) >= 11 is 0. The second-order valence-electron chi connectivity index (χ2n) is 17.5. The number of methoxy groups -OCH3 is 2. The zero-order valence-electron chi connectivity index (χ0n) is 37.0. The summed E-state index contributed by atoms with van der Waals surface area (Å²) in [5, 5.41) is 32.1. The third-order valence-electron chi connectivity index (χ3n) is 13.3. The number of fused-ring (bicyclic) bond motifs is 4. The molecule has 6 aliphatic rings. The largest absolute Gasteiger partial charge is 0.493 e. The van der Waals surface area contributed by atoms with Crippen molar-refractivity contribution in [3.63, 3.8) is 0 Å². The minimum Gasteiger partial charge on any atom is -0.493 e. The van der Waals surface area contributed by atoms with E-state index in [2.05, 4.69) is 0 Å². The van der Waals surface area contributed by atoms with E-state index in [9.17, 15) is 34.5 Å². The standard InChI is InChI=1S/C45H56N2O18/c1-22-57-20-32-39(61-22)35(48)36(49)41(63-32)64-37-26-18-29-28(59-21-60-29)17-25(26)33(34-27(37)19-58-40(34)50)23-15-30(55-5)38(31(16-23)56-6)65-44(54)47(4)14-13-46(3)43(53)62-24-9-7-8-11-45(2,12-10-24)42(51)52/h7,9,15-18,22,24,27,32-37,39,41,48-49H,8,10-14,19-21H2,1-6H3,(H,51,52)/b9-7+/t22-,24+,27+,32-,33-,34+,35-,36-,37-,39-,41+,45-/m1/s1. The fraction of sp³-hybridized carbons (Fsp3) is 0.600. The summed E-state index contributed by atoms with van der Waals surface area (Å²) in [6.45, 7) is 3.55. The maximum absolute atomic E-state index is 13.8. The average Bonchev–Trinajstić information content (AvgIpc) is 3.92. The molecule has 8 rings (SSSR count). The molecule has 20 heteroatoms. The van der Waals surface area contributed by atoms with Crippen LogP contribution in [0.1, 0.15) is 68.2 Å². The molecule has 2 amide bonds. The van der Waals surface area contributed by atoms with Crippen molar-refractivity contribution in [2.45, 2.75) is 94.7 Å². The minimum absolute atomic E-state index is 0.0349. The molecule has 354 valence electrons. The number of ether oxygens (including phenoxy) is 11. The molecular weight excluding hydrogens is 856 g/mol. The van der Waals surface area contributed by atoms with Gasteiger partial charge in [-0.05, 0) is 86.6 Å². The van der Waals surface area contributed by atoms with Crippen molar-refractivity contribution in [3.05, 3.63) is 53.1 Å². The van der Waals surface area contributed by atoms with Crippen molar-refractivity contribution in [2.75, 3.05) is 61.4 Å². The third kappa shape index (κ3) is 9.11. The van der Waals surface area contributed by atoms with Gasteiger partial charge in [-0.3, -0.25) is 9.59 Å². The zero-order chi connectivity index (χ0) is 46.3. The normalized spacial score (nSPS) is 32.9. The Hall–Kier alpha value is -5.38. The number of carbonyl (C=O) groups is 4. The van der Waals surface area contributed by atoms with Crippen LogP contribution in [0.15, 0.2) is 36.4 Å². The molecule has 0 radical (unpaired) electrons. The molecule has 2 aromatic rings. The number of aliphatic hydroxyl groups is 2. The monoisotopic (exact) mass is 912 g/mol. The molecule has 0 bridgehead atoms. The van der Waals surface area contributed by atoms with Gasteiger partial charge >= 0.3 is 24.1 Å². The van der Waals surface area contributed by atoms with Crippen LogP contribution in [-0.4, -0.2) is 154 Å². The fourth-order valence-corrected chi connectivity index (χ4v) is 9.33. The molecule has 3 N–H and O–H groups in total. The number of nitrogens with zero attached hydrogens (tertiary/aromatic N) is 2. The van der Waals surface area contributed by atoms with Crippen LogP contribution >= 0.6 is 0 Å². The number of allylic oxidation sites excluding steroid dienone is 1. The summed E-state index contributed by atoms with van der Waals surface area (Å²) in [4.78, 5) is 54.9. The van der Waals surface area contributed by atoms with Crippen molar-refractivity contribution in [1.82, 2.24) is 9.80 Å². The van der Waals surface area contributed by atoms with Crippen LogP contribution in [-0.2, 0) is 38.0 Å². The maximum Gasteiger partial charge on any atom is 0.415 e. The van der Waals surface area contributed by atoms with Crippen LogP contribution in [0.3, 0.4) is 0 Å². The van der Waals surface area contributed by atoms with Gasteiger partial charge in [0, 0.05) is 39.0 Å². The fourth-order valence-electron chi connectivity index (χ4n) is 9.33. The van der Waals surface area contributed by atoms with Crippen LogP contribution in [0.4, 0.5) is 9.59 Å². The van der Waals surface area contributed by atoms with Gasteiger partial charge in [0.15, 0.2) is 35.6 Å². The number of esters is 1. The summed E-state index contributed by atoms with van der Waals surface area (Å²) in [7, 11) is 5.83. The lowest BCUT2D eigenvalue weighted by Gasteiger charge is -2.47. The first kappa shape index (κ1) is 46.2. The number of likely N-dealkylation sites (N-methyl/N-ethyl adjacent to an activating group) is 2. The van der Waals surface area contributed by atoms with E-state index >= 15 is 0 Å². The summed E-state index contributed by atoms with van der Waals surface area (Å²) < 4.78 is 64.4. The molecule has 4 heterocycles. The summed E-state index contributed by atoms with van der Waals surface area (Å²) in [6, 6.07) is 6.83. The van der Waals surface area contributed by atoms with E-state index in [1.165, 1.54) is 38.1 Å². The summed E-state index contributed by atoms with van der Waals surface area (Å²) in [5.74, 6) is -2.50. The molecule has 3 fully saturated rings. The van der Waals surface area contributed by atoms with E-state index in [0.717, 1.165) is 0 Å². The number of aliphatic carboxylic acids is 1. The van der Waals surface area contributed by atoms with Gasteiger partial charge in [0.05, 0.1) is 44.9 Å². The number of aliphatic hydroxyl groups excluding tert-OH is 2. The number of carboxylic acids is 1. The predicted octanol–water partition coefficient (Wildman–Crippen LogP) is 3.72. The minimum atomic E-state index is -1.51. The number of hydrogen-bond acceptors (Lipinski definition) is 17. The Labute approximate surface area is 375 Å². The number of rotatable bonds is 11. The molecular formula is C45H56N2O18. The van der Waals surface area contributed by atoms with Gasteiger partial charge < -0.3 is 77.2 Å². The summed E-state index contributed by atoms with van der Waals surface area (Å²) in [5.41, 5.74) is 0.844. The molecule has 0 spiro atoms. The molecule has 2 aliphatic carbocycles. The lowest BCUT2D eigenvalue weighted by molar-refractivity contribution is -0.364. The van der Waals surface area contributed by atoms with E-state index in [0.29, 0.717) is 53.9 Å². The van der Waals surface area contributed by atoms with Crippen molar-refractivity contribution in [2.24, 2.45) is 17.3 Å². The van der Waals surface area contributed by atoms with Crippen LogP contribution < -0.4 is 23.7 Å². The number of benzene rings is 2. The van der Waals surface area contributed by atoms with Crippen LogP contribution in [0.5, 0.6) is 28.7 Å². The van der Waals surface area contributed by atoms with Gasteiger partial charge in [0.1, 0.15) is 30.5 Å². The van der Waals surface area contributed by atoms with Gasteiger partial charge in [-0.25, -0.2) is 9.59 Å². The number of carboxylic acid groups (broad SMARTS) is 1. The predicted molar refractivity (Wildman–Crippen MR) is 222 cm³/mol. The van der Waals surface area contributed by atoms with Crippen molar-refractivity contribution in [3.8, 4) is 28.7 Å². The first-order valence-corrected chi connectivity index (χ1v) is 21.7. The van der Waals surface area contributed by atoms with Gasteiger partial charge in [0.25, 0.3) is 0 Å². The Bertz CT molecular complexity index is 2140. The van der Waals surface area contributed by atoms with Crippen LogP contribution in [0, 0.1) is 17.3 Å². The molecule has 20 nitrogen and oxygen atoms in total. The van der Waals surface area contributed by atoms with E-state index in [1.54, 1.807) is 44.2 Å². The quantitative estimate of drug-likeness (QED) is 0.215. The summed E-state index contributed by atoms with van der Waals surface area (Å²) in [6.07, 6.45) is -3.94. The number of amides is 2. The topological polar surface area (TPSA) is 237 Å². The van der Waals surface area contributed by atoms with Crippen molar-refractivity contribution in [1.29, 1.82) is 0 Å². The van der Waals surface area contributed by atoms with Gasteiger partial charge in [0.2, 0.25) is 12.5 Å². The highest BCUT2D eigenvalue weighted by atomic mass is 16.8. The van der Waals surface area contributed by atoms with Crippen molar-refractivity contribution < 1.29 is 86.6 Å². The highest BCUT2D eigenvalue weighted by Gasteiger charge is 2.56.